The standard InChI is InChI=1S/C24H22Cl2F6N2O3/c1-22(2,3)37-21(36)34-10-16(12-4-5-17(25)18(26)8-12)19(11-34)33-20(35)13-6-14(23(27,28)29)9-15(7-13)24(30,31)32/h4-9,16,19H,10-11H2,1-3H3,(H,33,35)/t16-,19+/m1/s1. The molecule has 2 atom stereocenters. The van der Waals surface area contributed by atoms with Gasteiger partial charge in [-0.15, -0.1) is 0 Å². The van der Waals surface area contributed by atoms with Crippen LogP contribution >= 0.6 is 23.2 Å². The van der Waals surface area contributed by atoms with E-state index in [-0.39, 0.29) is 29.2 Å². The van der Waals surface area contributed by atoms with Crippen LogP contribution in [0.15, 0.2) is 36.4 Å². The van der Waals surface area contributed by atoms with Gasteiger partial charge in [0.2, 0.25) is 0 Å². The van der Waals surface area contributed by atoms with Crippen LogP contribution in [0.1, 0.15) is 53.7 Å². The SMILES string of the molecule is CC(C)(C)OC(=O)N1C[C@H](NC(=O)c2cc(C(F)(F)F)cc(C(F)(F)F)c2)[C@@H](c2ccc(Cl)c(Cl)c2)C1. The minimum Gasteiger partial charge on any atom is -0.444 e. The van der Waals surface area contributed by atoms with E-state index in [1.165, 1.54) is 17.0 Å². The molecule has 1 saturated heterocycles. The highest BCUT2D eigenvalue weighted by molar-refractivity contribution is 6.42. The fraction of sp³-hybridized carbons (Fsp3) is 0.417. The van der Waals surface area contributed by atoms with Crippen molar-refractivity contribution >= 4 is 35.2 Å². The van der Waals surface area contributed by atoms with Crippen molar-refractivity contribution in [1.29, 1.82) is 0 Å². The summed E-state index contributed by atoms with van der Waals surface area (Å²) in [4.78, 5) is 26.9. The Kier molecular flexibility index (Phi) is 8.00. The first-order valence-corrected chi connectivity index (χ1v) is 11.6. The van der Waals surface area contributed by atoms with Crippen LogP contribution in [-0.2, 0) is 17.1 Å². The fourth-order valence-electron chi connectivity index (χ4n) is 3.84. The molecule has 5 nitrogen and oxygen atoms in total. The van der Waals surface area contributed by atoms with Gasteiger partial charge in [-0.2, -0.15) is 26.3 Å². The molecule has 0 spiro atoms. The molecule has 1 aliphatic heterocycles. The number of amides is 2. The van der Waals surface area contributed by atoms with Crippen LogP contribution in [-0.4, -0.2) is 41.6 Å². The number of carbonyl (C=O) groups excluding carboxylic acids is 2. The lowest BCUT2D eigenvalue weighted by Gasteiger charge is -2.24. The summed E-state index contributed by atoms with van der Waals surface area (Å²) in [5.41, 5.74) is -4.34. The van der Waals surface area contributed by atoms with Crippen molar-refractivity contribution in [2.24, 2.45) is 0 Å². The molecule has 2 amide bonds. The molecule has 1 heterocycles. The van der Waals surface area contributed by atoms with Crippen LogP contribution in [0, 0.1) is 0 Å². The lowest BCUT2D eigenvalue weighted by molar-refractivity contribution is -0.143. The van der Waals surface area contributed by atoms with Crippen molar-refractivity contribution < 1.29 is 40.7 Å². The minimum atomic E-state index is -5.11. The van der Waals surface area contributed by atoms with E-state index in [0.717, 1.165) is 0 Å². The molecule has 202 valence electrons. The molecule has 0 aliphatic carbocycles. The molecule has 1 fully saturated rings. The molecule has 0 aromatic heterocycles. The second-order valence-corrected chi connectivity index (χ2v) is 10.4. The molecule has 13 heteroatoms. The molecule has 37 heavy (non-hydrogen) atoms. The zero-order chi connectivity index (χ0) is 27.9. The molecular formula is C24H22Cl2F6N2O3. The van der Waals surface area contributed by atoms with Crippen molar-refractivity contribution in [2.75, 3.05) is 13.1 Å². The number of nitrogens with zero attached hydrogens (tertiary/aromatic N) is 1. The van der Waals surface area contributed by atoms with Gasteiger partial charge in [-0.25, -0.2) is 4.79 Å². The van der Waals surface area contributed by atoms with Crippen molar-refractivity contribution in [1.82, 2.24) is 10.2 Å². The van der Waals surface area contributed by atoms with Gasteiger partial charge in [-0.3, -0.25) is 4.79 Å². The van der Waals surface area contributed by atoms with Gasteiger partial charge in [0, 0.05) is 24.6 Å². The third-order valence-corrected chi connectivity index (χ3v) is 6.25. The number of hydrogen-bond donors (Lipinski definition) is 1. The lowest BCUT2D eigenvalue weighted by atomic mass is 9.94. The van der Waals surface area contributed by atoms with Gasteiger partial charge in [0.05, 0.1) is 27.2 Å². The van der Waals surface area contributed by atoms with E-state index in [4.69, 9.17) is 27.9 Å². The Morgan fingerprint density at radius 1 is 0.892 bits per heavy atom. The Hall–Kier alpha value is -2.66. The van der Waals surface area contributed by atoms with Crippen molar-refractivity contribution in [3.8, 4) is 0 Å². The number of halogens is 8. The first-order valence-electron chi connectivity index (χ1n) is 10.9. The quantitative estimate of drug-likeness (QED) is 0.398. The summed E-state index contributed by atoms with van der Waals surface area (Å²) in [6.07, 6.45) is -10.9. The molecule has 1 N–H and O–H groups in total. The number of benzene rings is 2. The predicted octanol–water partition coefficient (Wildman–Crippen LogP) is 7.16. The number of alkyl halides is 6. The topological polar surface area (TPSA) is 58.6 Å². The molecule has 0 bridgehead atoms. The molecular weight excluding hydrogens is 549 g/mol. The maximum absolute atomic E-state index is 13.3. The predicted molar refractivity (Wildman–Crippen MR) is 125 cm³/mol. The summed E-state index contributed by atoms with van der Waals surface area (Å²) < 4.78 is 84.9. The molecule has 0 unspecified atom stereocenters. The van der Waals surface area contributed by atoms with E-state index in [1.54, 1.807) is 26.8 Å². The Bertz CT molecular complexity index is 1160. The number of carbonyl (C=O) groups is 2. The van der Waals surface area contributed by atoms with Gasteiger partial charge in [0.1, 0.15) is 5.60 Å². The number of hydrogen-bond acceptors (Lipinski definition) is 3. The van der Waals surface area contributed by atoms with E-state index < -0.39 is 58.6 Å². The average Bonchev–Trinajstić information content (AvgIpc) is 3.17. The summed E-state index contributed by atoms with van der Waals surface area (Å²) in [6.45, 7) is 4.89. The van der Waals surface area contributed by atoms with E-state index in [2.05, 4.69) is 5.32 Å². The maximum Gasteiger partial charge on any atom is 0.416 e. The van der Waals surface area contributed by atoms with Crippen LogP contribution in [0.4, 0.5) is 31.1 Å². The molecule has 2 aromatic rings. The highest BCUT2D eigenvalue weighted by atomic mass is 35.5. The first kappa shape index (κ1) is 28.9. The number of ether oxygens (including phenoxy) is 1. The van der Waals surface area contributed by atoms with E-state index in [1.807, 2.05) is 0 Å². The molecule has 3 rings (SSSR count). The summed E-state index contributed by atoms with van der Waals surface area (Å²) in [6, 6.07) is 4.35. The van der Waals surface area contributed by atoms with E-state index in [0.29, 0.717) is 17.7 Å². The second-order valence-electron chi connectivity index (χ2n) is 9.54. The highest BCUT2D eigenvalue weighted by Crippen LogP contribution is 2.37. The third kappa shape index (κ3) is 7.22. The van der Waals surface area contributed by atoms with Crippen molar-refractivity contribution in [2.45, 2.75) is 50.7 Å². The number of rotatable bonds is 3. The van der Waals surface area contributed by atoms with Crippen LogP contribution < -0.4 is 5.32 Å². The monoisotopic (exact) mass is 570 g/mol. The third-order valence-electron chi connectivity index (χ3n) is 5.51. The summed E-state index contributed by atoms with van der Waals surface area (Å²) >= 11 is 12.1. The highest BCUT2D eigenvalue weighted by Gasteiger charge is 2.41. The Labute approximate surface area is 218 Å². The second kappa shape index (κ2) is 10.2. The van der Waals surface area contributed by atoms with E-state index >= 15 is 0 Å². The van der Waals surface area contributed by atoms with Crippen LogP contribution in [0.3, 0.4) is 0 Å². The lowest BCUT2D eigenvalue weighted by Crippen LogP contribution is -2.41. The Balaban J connectivity index is 1.96. The van der Waals surface area contributed by atoms with Crippen LogP contribution in [0.25, 0.3) is 0 Å². The molecule has 1 aliphatic rings. The van der Waals surface area contributed by atoms with Gasteiger partial charge >= 0.3 is 18.4 Å². The Morgan fingerprint density at radius 3 is 1.95 bits per heavy atom. The zero-order valence-corrected chi connectivity index (χ0v) is 21.2. The van der Waals surface area contributed by atoms with Gasteiger partial charge in [-0.1, -0.05) is 29.3 Å². The maximum atomic E-state index is 13.3. The van der Waals surface area contributed by atoms with Gasteiger partial charge in [-0.05, 0) is 56.7 Å². The first-order chi connectivity index (χ1) is 16.8. The normalized spacial score (nSPS) is 18.6. The minimum absolute atomic E-state index is 0.0359. The smallest absolute Gasteiger partial charge is 0.416 e. The fourth-order valence-corrected chi connectivity index (χ4v) is 4.15. The van der Waals surface area contributed by atoms with Crippen molar-refractivity contribution in [3.05, 3.63) is 68.7 Å². The van der Waals surface area contributed by atoms with Gasteiger partial charge in [0.15, 0.2) is 0 Å². The summed E-state index contributed by atoms with van der Waals surface area (Å²) in [5, 5.41) is 2.92. The zero-order valence-electron chi connectivity index (χ0n) is 19.7. The Morgan fingerprint density at radius 2 is 1.46 bits per heavy atom. The largest absolute Gasteiger partial charge is 0.444 e. The summed E-state index contributed by atoms with van der Waals surface area (Å²) in [7, 11) is 0. The summed E-state index contributed by atoms with van der Waals surface area (Å²) in [5.74, 6) is -1.78. The average molecular weight is 571 g/mol. The molecule has 0 radical (unpaired) electrons. The van der Waals surface area contributed by atoms with Crippen molar-refractivity contribution in [3.63, 3.8) is 0 Å². The molecule has 0 saturated carbocycles. The van der Waals surface area contributed by atoms with Crippen LogP contribution in [0.2, 0.25) is 10.0 Å². The van der Waals surface area contributed by atoms with Crippen LogP contribution in [0.5, 0.6) is 0 Å². The molecule has 2 aromatic carbocycles. The number of likely N-dealkylation sites (tertiary alicyclic amines) is 1. The van der Waals surface area contributed by atoms with E-state index in [9.17, 15) is 35.9 Å². The van der Waals surface area contributed by atoms with Gasteiger partial charge in [0.25, 0.3) is 5.91 Å². The van der Waals surface area contributed by atoms with Gasteiger partial charge < -0.3 is 15.0 Å². The number of nitrogens with one attached hydrogen (secondary N) is 1.